The number of benzene rings is 1. The molecule has 150 valence electrons. The summed E-state index contributed by atoms with van der Waals surface area (Å²) in [5.41, 5.74) is 2.89. The highest BCUT2D eigenvalue weighted by molar-refractivity contribution is 5.94. The van der Waals surface area contributed by atoms with Crippen LogP contribution in [0.5, 0.6) is 0 Å². The molecule has 7 nitrogen and oxygen atoms in total. The third kappa shape index (κ3) is 4.20. The van der Waals surface area contributed by atoms with Gasteiger partial charge in [-0.25, -0.2) is 0 Å². The van der Waals surface area contributed by atoms with Crippen LogP contribution in [0.4, 0.5) is 5.69 Å². The fourth-order valence-corrected chi connectivity index (χ4v) is 4.04. The molecule has 3 heterocycles. The molecule has 1 atom stereocenters. The van der Waals surface area contributed by atoms with Crippen molar-refractivity contribution in [2.75, 3.05) is 50.9 Å². The van der Waals surface area contributed by atoms with Gasteiger partial charge in [-0.15, -0.1) is 0 Å². The van der Waals surface area contributed by atoms with Crippen molar-refractivity contribution in [3.05, 3.63) is 47.8 Å². The predicted molar refractivity (Wildman–Crippen MR) is 107 cm³/mol. The van der Waals surface area contributed by atoms with E-state index in [0.717, 1.165) is 62.6 Å². The lowest BCUT2D eigenvalue weighted by Crippen LogP contribution is -2.39. The molecule has 2 aliphatic rings. The van der Waals surface area contributed by atoms with Gasteiger partial charge in [-0.1, -0.05) is 0 Å². The van der Waals surface area contributed by atoms with E-state index >= 15 is 0 Å². The number of piperidine rings is 1. The molecule has 1 unspecified atom stereocenters. The van der Waals surface area contributed by atoms with Gasteiger partial charge in [-0.2, -0.15) is 5.10 Å². The van der Waals surface area contributed by atoms with E-state index in [1.165, 1.54) is 0 Å². The maximum atomic E-state index is 13.0. The Labute approximate surface area is 165 Å². The summed E-state index contributed by atoms with van der Waals surface area (Å²) in [7, 11) is 0. The highest BCUT2D eigenvalue weighted by atomic mass is 16.5. The standard InChI is InChI=1S/C21H28N4O3/c26-13-10-25-9-7-20(22-25)18-2-1-8-24(16-18)21(27)17-3-5-19(6-4-17)23-11-14-28-15-12-23/h3-7,9,18,26H,1-2,8,10-16H2. The number of aromatic nitrogens is 2. The molecule has 1 N–H and O–H groups in total. The Bertz CT molecular complexity index is 783. The Morgan fingerprint density at radius 2 is 1.93 bits per heavy atom. The largest absolute Gasteiger partial charge is 0.394 e. The van der Waals surface area contributed by atoms with E-state index in [9.17, 15) is 4.79 Å². The van der Waals surface area contributed by atoms with E-state index < -0.39 is 0 Å². The van der Waals surface area contributed by atoms with Gasteiger partial charge in [-0.3, -0.25) is 9.48 Å². The molecule has 2 aromatic rings. The predicted octanol–water partition coefficient (Wildman–Crippen LogP) is 1.73. The van der Waals surface area contributed by atoms with E-state index in [1.54, 1.807) is 4.68 Å². The summed E-state index contributed by atoms with van der Waals surface area (Å²) < 4.78 is 7.17. The topological polar surface area (TPSA) is 70.8 Å². The summed E-state index contributed by atoms with van der Waals surface area (Å²) in [4.78, 5) is 17.2. The highest BCUT2D eigenvalue weighted by Gasteiger charge is 2.27. The van der Waals surface area contributed by atoms with Gasteiger partial charge in [0.05, 0.1) is 32.1 Å². The number of nitrogens with zero attached hydrogens (tertiary/aromatic N) is 4. The number of likely N-dealkylation sites (tertiary alicyclic amines) is 1. The van der Waals surface area contributed by atoms with Gasteiger partial charge < -0.3 is 19.6 Å². The Hall–Kier alpha value is -2.38. The molecule has 0 radical (unpaired) electrons. The average molecular weight is 384 g/mol. The molecule has 7 heteroatoms. The minimum Gasteiger partial charge on any atom is -0.394 e. The van der Waals surface area contributed by atoms with Gasteiger partial charge in [-0.05, 0) is 43.2 Å². The summed E-state index contributed by atoms with van der Waals surface area (Å²) in [6.07, 6.45) is 3.92. The molecule has 2 saturated heterocycles. The van der Waals surface area contributed by atoms with Crippen molar-refractivity contribution < 1.29 is 14.6 Å². The third-order valence-corrected chi connectivity index (χ3v) is 5.61. The summed E-state index contributed by atoms with van der Waals surface area (Å²) in [5.74, 6) is 0.346. The number of aliphatic hydroxyl groups is 1. The maximum Gasteiger partial charge on any atom is 0.253 e. The molecule has 1 aromatic carbocycles. The zero-order valence-electron chi connectivity index (χ0n) is 16.2. The van der Waals surface area contributed by atoms with Crippen LogP contribution in [0.3, 0.4) is 0 Å². The second kappa shape index (κ2) is 8.75. The Kier molecular flexibility index (Phi) is 5.92. The number of hydrogen-bond acceptors (Lipinski definition) is 5. The number of rotatable bonds is 5. The van der Waals surface area contributed by atoms with Gasteiger partial charge in [0.2, 0.25) is 0 Å². The van der Waals surface area contributed by atoms with Gasteiger partial charge in [0.1, 0.15) is 0 Å². The number of morpholine rings is 1. The number of carbonyl (C=O) groups is 1. The number of carbonyl (C=O) groups excluding carboxylic acids is 1. The zero-order chi connectivity index (χ0) is 19.3. The second-order valence-electron chi connectivity index (χ2n) is 7.46. The van der Waals surface area contributed by atoms with Crippen molar-refractivity contribution in [3.8, 4) is 0 Å². The lowest BCUT2D eigenvalue weighted by Gasteiger charge is -2.32. The smallest absolute Gasteiger partial charge is 0.253 e. The van der Waals surface area contributed by atoms with Crippen molar-refractivity contribution in [3.63, 3.8) is 0 Å². The summed E-state index contributed by atoms with van der Waals surface area (Å²) in [6.45, 7) is 5.36. The lowest BCUT2D eigenvalue weighted by atomic mass is 9.94. The molecule has 2 fully saturated rings. The maximum absolute atomic E-state index is 13.0. The second-order valence-corrected chi connectivity index (χ2v) is 7.46. The van der Waals surface area contributed by atoms with Crippen molar-refractivity contribution in [1.82, 2.24) is 14.7 Å². The Morgan fingerprint density at radius 3 is 2.68 bits per heavy atom. The normalized spacial score (nSPS) is 20.4. The van der Waals surface area contributed by atoms with Crippen molar-refractivity contribution >= 4 is 11.6 Å². The van der Waals surface area contributed by atoms with Gasteiger partial charge in [0.25, 0.3) is 5.91 Å². The van der Waals surface area contributed by atoms with Crippen LogP contribution in [0.25, 0.3) is 0 Å². The molecule has 0 aliphatic carbocycles. The Balaban J connectivity index is 1.40. The summed E-state index contributed by atoms with van der Waals surface area (Å²) in [6, 6.07) is 9.96. The fraction of sp³-hybridized carbons (Fsp3) is 0.524. The van der Waals surface area contributed by atoms with Crippen LogP contribution >= 0.6 is 0 Å². The molecule has 4 rings (SSSR count). The fourth-order valence-electron chi connectivity index (χ4n) is 4.04. The van der Waals surface area contributed by atoms with Crippen LogP contribution in [0.1, 0.15) is 34.8 Å². The first-order chi connectivity index (χ1) is 13.7. The minimum absolute atomic E-state index is 0.0802. The van der Waals surface area contributed by atoms with E-state index in [1.807, 2.05) is 41.4 Å². The van der Waals surface area contributed by atoms with E-state index in [0.29, 0.717) is 13.1 Å². The molecule has 1 aromatic heterocycles. The number of ether oxygens (including phenoxy) is 1. The molecule has 2 aliphatic heterocycles. The Morgan fingerprint density at radius 1 is 1.14 bits per heavy atom. The molecular weight excluding hydrogens is 356 g/mol. The average Bonchev–Trinajstić information content (AvgIpc) is 3.23. The molecule has 0 bridgehead atoms. The lowest BCUT2D eigenvalue weighted by molar-refractivity contribution is 0.0705. The first-order valence-electron chi connectivity index (χ1n) is 10.1. The van der Waals surface area contributed by atoms with Gasteiger partial charge in [0.15, 0.2) is 0 Å². The van der Waals surface area contributed by atoms with Crippen molar-refractivity contribution in [1.29, 1.82) is 0 Å². The first-order valence-corrected chi connectivity index (χ1v) is 10.1. The van der Waals surface area contributed by atoms with Crippen LogP contribution in [-0.2, 0) is 11.3 Å². The summed E-state index contributed by atoms with van der Waals surface area (Å²) >= 11 is 0. The van der Waals surface area contributed by atoms with Crippen LogP contribution in [0, 0.1) is 0 Å². The highest BCUT2D eigenvalue weighted by Crippen LogP contribution is 2.27. The van der Waals surface area contributed by atoms with E-state index in [-0.39, 0.29) is 18.4 Å². The molecular formula is C21H28N4O3. The molecule has 0 saturated carbocycles. The number of amides is 1. The number of hydrogen-bond donors (Lipinski definition) is 1. The van der Waals surface area contributed by atoms with Crippen LogP contribution < -0.4 is 4.90 Å². The van der Waals surface area contributed by atoms with Crippen LogP contribution in [-0.4, -0.2) is 71.7 Å². The molecule has 1 amide bonds. The SMILES string of the molecule is O=C(c1ccc(N2CCOCC2)cc1)N1CCCC(c2ccn(CCO)n2)C1. The van der Waals surface area contributed by atoms with Crippen molar-refractivity contribution in [2.24, 2.45) is 0 Å². The van der Waals surface area contributed by atoms with Crippen LogP contribution in [0.15, 0.2) is 36.5 Å². The van der Waals surface area contributed by atoms with E-state index in [4.69, 9.17) is 9.84 Å². The summed E-state index contributed by atoms with van der Waals surface area (Å²) in [5, 5.41) is 13.6. The quantitative estimate of drug-likeness (QED) is 0.850. The first kappa shape index (κ1) is 19.0. The molecule has 0 spiro atoms. The van der Waals surface area contributed by atoms with Crippen molar-refractivity contribution in [2.45, 2.75) is 25.3 Å². The zero-order valence-corrected chi connectivity index (χ0v) is 16.2. The van der Waals surface area contributed by atoms with Crippen LogP contribution in [0.2, 0.25) is 0 Å². The number of aliphatic hydroxyl groups excluding tert-OH is 1. The van der Waals surface area contributed by atoms with E-state index in [2.05, 4.69) is 10.00 Å². The monoisotopic (exact) mass is 384 g/mol. The minimum atomic E-state index is 0.0802. The van der Waals surface area contributed by atoms with Gasteiger partial charge >= 0.3 is 0 Å². The van der Waals surface area contributed by atoms with Gasteiger partial charge in [0, 0.05) is 49.5 Å². The molecule has 28 heavy (non-hydrogen) atoms. The third-order valence-electron chi connectivity index (χ3n) is 5.61. The number of anilines is 1.